The van der Waals surface area contributed by atoms with Crippen molar-refractivity contribution in [1.82, 2.24) is 0 Å². The van der Waals surface area contributed by atoms with Crippen LogP contribution in [0.5, 0.6) is 0 Å². The molecule has 1 aliphatic carbocycles. The normalized spacial score (nSPS) is 18.9. The topological polar surface area (TPSA) is 29.1 Å². The number of carbonyl (C=O) groups excluding carboxylic acids is 1. The third-order valence-corrected chi connectivity index (χ3v) is 7.84. The van der Waals surface area contributed by atoms with E-state index in [1.54, 1.807) is 0 Å². The first kappa shape index (κ1) is 19.5. The van der Waals surface area contributed by atoms with Crippen LogP contribution >= 0.6 is 15.9 Å². The quantitative estimate of drug-likeness (QED) is 0.326. The molecular formula is C29H22BrNO. The van der Waals surface area contributed by atoms with E-state index in [2.05, 4.69) is 101 Å². The maximum atomic E-state index is 13.3. The van der Waals surface area contributed by atoms with E-state index >= 15 is 0 Å². The first-order chi connectivity index (χ1) is 15.6. The van der Waals surface area contributed by atoms with Gasteiger partial charge in [0.15, 0.2) is 0 Å². The number of hydrogen-bond acceptors (Lipinski definition) is 1. The molecule has 2 atom stereocenters. The number of halogens is 1. The molecule has 0 spiro atoms. The Bertz CT molecular complexity index is 1430. The van der Waals surface area contributed by atoms with Crippen molar-refractivity contribution in [2.45, 2.75) is 25.2 Å². The van der Waals surface area contributed by atoms with Crippen molar-refractivity contribution in [2.24, 2.45) is 0 Å². The molecule has 1 aliphatic heterocycles. The Balaban J connectivity index is 1.50. The summed E-state index contributed by atoms with van der Waals surface area (Å²) in [5, 5.41) is 5.68. The van der Waals surface area contributed by atoms with Crippen LogP contribution in [0, 0.1) is 6.92 Å². The first-order valence-corrected chi connectivity index (χ1v) is 11.8. The van der Waals surface area contributed by atoms with Crippen LogP contribution in [0.25, 0.3) is 16.8 Å². The molecule has 0 saturated carbocycles. The van der Waals surface area contributed by atoms with Crippen molar-refractivity contribution in [3.05, 3.63) is 117 Å². The number of anilines is 1. The second-order valence-electron chi connectivity index (χ2n) is 8.74. The summed E-state index contributed by atoms with van der Waals surface area (Å²) in [6, 6.07) is 27.6. The van der Waals surface area contributed by atoms with Gasteiger partial charge >= 0.3 is 0 Å². The second kappa shape index (κ2) is 7.46. The Hall–Kier alpha value is -3.17. The van der Waals surface area contributed by atoms with Gasteiger partial charge in [0.05, 0.1) is 5.92 Å². The number of hydrogen-bond donors (Lipinski definition) is 1. The van der Waals surface area contributed by atoms with Crippen LogP contribution in [0.3, 0.4) is 0 Å². The second-order valence-corrected chi connectivity index (χ2v) is 9.60. The zero-order valence-electron chi connectivity index (χ0n) is 17.7. The maximum Gasteiger partial charge on any atom is 0.232 e. The Morgan fingerprint density at radius 2 is 1.66 bits per heavy atom. The molecular weight excluding hydrogens is 458 g/mol. The van der Waals surface area contributed by atoms with E-state index in [4.69, 9.17) is 0 Å². The van der Waals surface area contributed by atoms with E-state index in [9.17, 15) is 4.79 Å². The molecule has 2 nitrogen and oxygen atoms in total. The Labute approximate surface area is 196 Å². The molecule has 156 valence electrons. The van der Waals surface area contributed by atoms with Gasteiger partial charge in [-0.2, -0.15) is 0 Å². The molecule has 2 unspecified atom stereocenters. The summed E-state index contributed by atoms with van der Waals surface area (Å²) in [4.78, 5) is 13.3. The van der Waals surface area contributed by atoms with Gasteiger partial charge in [0.1, 0.15) is 0 Å². The minimum atomic E-state index is -0.229. The highest BCUT2D eigenvalue weighted by molar-refractivity contribution is 9.10. The van der Waals surface area contributed by atoms with Gasteiger partial charge in [-0.05, 0) is 64.1 Å². The van der Waals surface area contributed by atoms with Gasteiger partial charge in [0.2, 0.25) is 5.91 Å². The maximum absolute atomic E-state index is 13.3. The fourth-order valence-electron chi connectivity index (χ4n) is 5.51. The molecule has 6 rings (SSSR count). The number of amides is 1. The molecule has 3 heteroatoms. The lowest BCUT2D eigenvalue weighted by Crippen LogP contribution is -2.21. The SMILES string of the molecule is Cc1c(Br)ccc2c1C(C1C(Cc3cccc4ccccc34)=Cc3ccccc31)C(=O)N2. The van der Waals surface area contributed by atoms with Crippen molar-refractivity contribution in [3.8, 4) is 0 Å². The summed E-state index contributed by atoms with van der Waals surface area (Å²) in [5.74, 6) is -0.112. The molecule has 32 heavy (non-hydrogen) atoms. The van der Waals surface area contributed by atoms with Crippen LogP contribution in [0.15, 0.2) is 88.9 Å². The van der Waals surface area contributed by atoms with Crippen LogP contribution in [0.2, 0.25) is 0 Å². The lowest BCUT2D eigenvalue weighted by Gasteiger charge is -2.24. The lowest BCUT2D eigenvalue weighted by molar-refractivity contribution is -0.117. The molecule has 1 N–H and O–H groups in total. The number of fused-ring (bicyclic) bond motifs is 3. The van der Waals surface area contributed by atoms with E-state index in [1.807, 2.05) is 12.1 Å². The fourth-order valence-corrected chi connectivity index (χ4v) is 5.85. The van der Waals surface area contributed by atoms with Gasteiger partial charge in [-0.3, -0.25) is 4.79 Å². The molecule has 0 radical (unpaired) electrons. The van der Waals surface area contributed by atoms with Crippen LogP contribution < -0.4 is 5.32 Å². The van der Waals surface area contributed by atoms with E-state index in [0.717, 1.165) is 27.7 Å². The number of benzene rings is 4. The van der Waals surface area contributed by atoms with E-state index in [0.29, 0.717) is 0 Å². The van der Waals surface area contributed by atoms with E-state index < -0.39 is 0 Å². The van der Waals surface area contributed by atoms with Crippen molar-refractivity contribution >= 4 is 44.4 Å². The highest BCUT2D eigenvalue weighted by atomic mass is 79.9. The van der Waals surface area contributed by atoms with E-state index in [1.165, 1.54) is 33.0 Å². The monoisotopic (exact) mass is 479 g/mol. The molecule has 0 aromatic heterocycles. The molecule has 0 saturated heterocycles. The molecule has 0 bridgehead atoms. The average molecular weight is 480 g/mol. The number of carbonyl (C=O) groups is 1. The van der Waals surface area contributed by atoms with Gasteiger partial charge in [-0.25, -0.2) is 0 Å². The molecule has 0 fully saturated rings. The third-order valence-electron chi connectivity index (χ3n) is 6.98. The summed E-state index contributed by atoms with van der Waals surface area (Å²) in [6.45, 7) is 2.10. The number of allylic oxidation sites excluding steroid dienone is 1. The minimum absolute atomic E-state index is 0.0272. The van der Waals surface area contributed by atoms with E-state index in [-0.39, 0.29) is 17.7 Å². The van der Waals surface area contributed by atoms with Gasteiger partial charge in [-0.1, -0.05) is 94.3 Å². The Kier molecular flexibility index (Phi) is 4.55. The summed E-state index contributed by atoms with van der Waals surface area (Å²) in [6.07, 6.45) is 3.13. The van der Waals surface area contributed by atoms with Gasteiger partial charge in [0, 0.05) is 16.1 Å². The highest BCUT2D eigenvalue weighted by Gasteiger charge is 2.43. The standard InChI is InChI=1S/C29H22BrNO/c1-17-24(30)13-14-25-26(17)28(29(32)31-25)27-21(16-20-8-3-5-12-23(20)27)15-19-10-6-9-18-7-2-4-11-22(18)19/h2-14,16,27-28H,15H2,1H3,(H,31,32). The van der Waals surface area contributed by atoms with Crippen LogP contribution in [-0.4, -0.2) is 5.91 Å². The summed E-state index contributed by atoms with van der Waals surface area (Å²) >= 11 is 3.68. The minimum Gasteiger partial charge on any atom is -0.325 e. The van der Waals surface area contributed by atoms with Crippen molar-refractivity contribution in [3.63, 3.8) is 0 Å². The zero-order chi connectivity index (χ0) is 21.8. The molecule has 1 heterocycles. The van der Waals surface area contributed by atoms with Crippen molar-refractivity contribution in [1.29, 1.82) is 0 Å². The summed E-state index contributed by atoms with van der Waals surface area (Å²) in [5.41, 5.74) is 8.27. The smallest absolute Gasteiger partial charge is 0.232 e. The molecule has 1 amide bonds. The van der Waals surface area contributed by atoms with Crippen LogP contribution in [0.4, 0.5) is 5.69 Å². The molecule has 4 aromatic carbocycles. The largest absolute Gasteiger partial charge is 0.325 e. The molecule has 4 aromatic rings. The lowest BCUT2D eigenvalue weighted by atomic mass is 9.77. The number of rotatable bonds is 3. The van der Waals surface area contributed by atoms with Crippen LogP contribution in [-0.2, 0) is 11.2 Å². The number of nitrogens with one attached hydrogen (secondary N) is 1. The van der Waals surface area contributed by atoms with Crippen LogP contribution in [0.1, 0.15) is 39.7 Å². The molecule has 2 aliphatic rings. The van der Waals surface area contributed by atoms with Crippen molar-refractivity contribution in [2.75, 3.05) is 5.32 Å². The van der Waals surface area contributed by atoms with Crippen molar-refractivity contribution < 1.29 is 4.79 Å². The summed E-state index contributed by atoms with van der Waals surface area (Å²) in [7, 11) is 0. The predicted octanol–water partition coefficient (Wildman–Crippen LogP) is 7.37. The van der Waals surface area contributed by atoms with Gasteiger partial charge in [-0.15, -0.1) is 0 Å². The first-order valence-electron chi connectivity index (χ1n) is 11.0. The summed E-state index contributed by atoms with van der Waals surface area (Å²) < 4.78 is 1.05. The Morgan fingerprint density at radius 3 is 2.56 bits per heavy atom. The van der Waals surface area contributed by atoms with Gasteiger partial charge < -0.3 is 5.32 Å². The average Bonchev–Trinajstić information content (AvgIpc) is 3.33. The Morgan fingerprint density at radius 1 is 0.875 bits per heavy atom. The van der Waals surface area contributed by atoms with Gasteiger partial charge in [0.25, 0.3) is 0 Å². The third kappa shape index (κ3) is 2.96. The highest BCUT2D eigenvalue weighted by Crippen LogP contribution is 2.52. The fraction of sp³-hybridized carbons (Fsp3) is 0.138. The predicted molar refractivity (Wildman–Crippen MR) is 135 cm³/mol. The zero-order valence-corrected chi connectivity index (χ0v) is 19.3.